The molecule has 17 heavy (non-hydrogen) atoms. The number of likely N-dealkylation sites (N-methyl/N-ethyl adjacent to an activating group) is 1. The number of nitrogens with two attached hydrogens (primary N) is 1. The van der Waals surface area contributed by atoms with Gasteiger partial charge in [0.2, 0.25) is 0 Å². The van der Waals surface area contributed by atoms with Crippen molar-refractivity contribution >= 4 is 11.7 Å². The third kappa shape index (κ3) is 3.20. The molecule has 0 aromatic heterocycles. The van der Waals surface area contributed by atoms with Gasteiger partial charge in [-0.05, 0) is 37.1 Å². The average Bonchev–Trinajstić information content (AvgIpc) is 2.28. The Kier molecular flexibility index (Phi) is 4.52. The van der Waals surface area contributed by atoms with Crippen molar-refractivity contribution in [2.24, 2.45) is 5.73 Å². The number of benzene rings is 1. The van der Waals surface area contributed by atoms with E-state index in [1.807, 2.05) is 37.9 Å². The Bertz CT molecular complexity index is 384. The van der Waals surface area contributed by atoms with E-state index in [4.69, 9.17) is 10.5 Å². The van der Waals surface area contributed by atoms with Gasteiger partial charge in [0, 0.05) is 19.3 Å². The number of rotatable bonds is 4. The standard InChI is InChI=1S/C13H20N2O2/c1-9-5-10(2)7-11(6-9)15(3)12(8-14)13(16)17-4/h5-7,12H,8,14H2,1-4H3. The second-order valence-electron chi connectivity index (χ2n) is 4.23. The van der Waals surface area contributed by atoms with Gasteiger partial charge in [-0.15, -0.1) is 0 Å². The molecule has 1 unspecified atom stereocenters. The molecule has 0 spiro atoms. The second-order valence-corrected chi connectivity index (χ2v) is 4.23. The lowest BCUT2D eigenvalue weighted by Crippen LogP contribution is -2.44. The molecule has 0 aliphatic carbocycles. The van der Waals surface area contributed by atoms with Crippen LogP contribution in [0.4, 0.5) is 5.69 Å². The van der Waals surface area contributed by atoms with Crippen LogP contribution in [0.15, 0.2) is 18.2 Å². The lowest BCUT2D eigenvalue weighted by Gasteiger charge is -2.27. The minimum absolute atomic E-state index is 0.232. The molecule has 1 aromatic carbocycles. The summed E-state index contributed by atoms with van der Waals surface area (Å²) in [6, 6.07) is 5.70. The molecule has 0 saturated heterocycles. The molecule has 1 rings (SSSR count). The van der Waals surface area contributed by atoms with Crippen LogP contribution in [0, 0.1) is 13.8 Å². The summed E-state index contributed by atoms with van der Waals surface area (Å²) in [6.45, 7) is 4.29. The smallest absolute Gasteiger partial charge is 0.329 e. The minimum Gasteiger partial charge on any atom is -0.467 e. The van der Waals surface area contributed by atoms with Gasteiger partial charge in [0.05, 0.1) is 7.11 Å². The van der Waals surface area contributed by atoms with Gasteiger partial charge in [0.15, 0.2) is 0 Å². The summed E-state index contributed by atoms with van der Waals surface area (Å²) < 4.78 is 4.75. The van der Waals surface area contributed by atoms with Crippen LogP contribution < -0.4 is 10.6 Å². The number of anilines is 1. The highest BCUT2D eigenvalue weighted by Crippen LogP contribution is 2.19. The number of carbonyl (C=O) groups excluding carboxylic acids is 1. The fourth-order valence-corrected chi connectivity index (χ4v) is 1.88. The van der Waals surface area contributed by atoms with Crippen molar-refractivity contribution in [1.82, 2.24) is 0 Å². The maximum Gasteiger partial charge on any atom is 0.329 e. The molecule has 0 aliphatic heterocycles. The normalized spacial score (nSPS) is 12.1. The van der Waals surface area contributed by atoms with E-state index < -0.39 is 6.04 Å². The van der Waals surface area contributed by atoms with Crippen molar-refractivity contribution in [3.05, 3.63) is 29.3 Å². The Morgan fingerprint density at radius 2 is 1.88 bits per heavy atom. The van der Waals surface area contributed by atoms with E-state index in [0.717, 1.165) is 16.8 Å². The van der Waals surface area contributed by atoms with Crippen molar-refractivity contribution < 1.29 is 9.53 Å². The molecular formula is C13H20N2O2. The van der Waals surface area contributed by atoms with Gasteiger partial charge >= 0.3 is 5.97 Å². The molecule has 0 fully saturated rings. The molecule has 4 heteroatoms. The van der Waals surface area contributed by atoms with Crippen LogP contribution in [0.2, 0.25) is 0 Å². The van der Waals surface area contributed by atoms with Gasteiger partial charge < -0.3 is 15.4 Å². The maximum absolute atomic E-state index is 11.6. The molecular weight excluding hydrogens is 216 g/mol. The third-order valence-corrected chi connectivity index (χ3v) is 2.78. The number of aryl methyl sites for hydroxylation is 2. The molecule has 0 saturated carbocycles. The molecule has 0 bridgehead atoms. The van der Waals surface area contributed by atoms with E-state index in [9.17, 15) is 4.79 Å². The van der Waals surface area contributed by atoms with Gasteiger partial charge in [-0.2, -0.15) is 0 Å². The first-order valence-electron chi connectivity index (χ1n) is 5.58. The molecule has 1 atom stereocenters. The van der Waals surface area contributed by atoms with Crippen LogP contribution in [0.3, 0.4) is 0 Å². The number of carbonyl (C=O) groups is 1. The lowest BCUT2D eigenvalue weighted by atomic mass is 10.1. The van der Waals surface area contributed by atoms with E-state index in [0.29, 0.717) is 0 Å². The summed E-state index contributed by atoms with van der Waals surface area (Å²) in [7, 11) is 3.23. The topological polar surface area (TPSA) is 55.6 Å². The van der Waals surface area contributed by atoms with Crippen molar-refractivity contribution in [3.8, 4) is 0 Å². The van der Waals surface area contributed by atoms with Crippen LogP contribution >= 0.6 is 0 Å². The lowest BCUT2D eigenvalue weighted by molar-refractivity contribution is -0.141. The first-order valence-corrected chi connectivity index (χ1v) is 5.58. The van der Waals surface area contributed by atoms with Crippen molar-refractivity contribution in [3.63, 3.8) is 0 Å². The number of esters is 1. The SMILES string of the molecule is COC(=O)C(CN)N(C)c1cc(C)cc(C)c1. The second kappa shape index (κ2) is 5.68. The molecule has 1 aromatic rings. The fraction of sp³-hybridized carbons (Fsp3) is 0.462. The highest BCUT2D eigenvalue weighted by atomic mass is 16.5. The fourth-order valence-electron chi connectivity index (χ4n) is 1.88. The van der Waals surface area contributed by atoms with Gasteiger partial charge in [0.1, 0.15) is 6.04 Å². The van der Waals surface area contributed by atoms with Crippen LogP contribution in [-0.2, 0) is 9.53 Å². The number of hydrogen-bond acceptors (Lipinski definition) is 4. The summed E-state index contributed by atoms with van der Waals surface area (Å²) in [5.41, 5.74) is 8.92. The van der Waals surface area contributed by atoms with Crippen LogP contribution in [0.1, 0.15) is 11.1 Å². The number of hydrogen-bond donors (Lipinski definition) is 1. The summed E-state index contributed by atoms with van der Waals surface area (Å²) >= 11 is 0. The van der Waals surface area contributed by atoms with Crippen molar-refractivity contribution in [2.75, 3.05) is 25.6 Å². The number of nitrogens with zero attached hydrogens (tertiary/aromatic N) is 1. The zero-order valence-electron chi connectivity index (χ0n) is 10.9. The van der Waals surface area contributed by atoms with Gasteiger partial charge in [-0.3, -0.25) is 0 Å². The largest absolute Gasteiger partial charge is 0.467 e. The Morgan fingerprint density at radius 3 is 2.29 bits per heavy atom. The van der Waals surface area contributed by atoms with E-state index in [2.05, 4.69) is 6.07 Å². The van der Waals surface area contributed by atoms with E-state index in [1.54, 1.807) is 0 Å². The van der Waals surface area contributed by atoms with E-state index >= 15 is 0 Å². The monoisotopic (exact) mass is 236 g/mol. The van der Waals surface area contributed by atoms with Crippen LogP contribution in [-0.4, -0.2) is 32.7 Å². The van der Waals surface area contributed by atoms with Gasteiger partial charge in [-0.1, -0.05) is 6.07 Å². The zero-order valence-corrected chi connectivity index (χ0v) is 10.9. The first kappa shape index (κ1) is 13.5. The third-order valence-electron chi connectivity index (χ3n) is 2.78. The Hall–Kier alpha value is -1.55. The van der Waals surface area contributed by atoms with Crippen molar-refractivity contribution in [1.29, 1.82) is 0 Å². The van der Waals surface area contributed by atoms with Crippen LogP contribution in [0.5, 0.6) is 0 Å². The van der Waals surface area contributed by atoms with Gasteiger partial charge in [-0.25, -0.2) is 4.79 Å². The predicted molar refractivity (Wildman–Crippen MR) is 69.2 cm³/mol. The molecule has 0 radical (unpaired) electrons. The maximum atomic E-state index is 11.6. The highest BCUT2D eigenvalue weighted by molar-refractivity contribution is 5.80. The Morgan fingerprint density at radius 1 is 1.35 bits per heavy atom. The van der Waals surface area contributed by atoms with Crippen molar-refractivity contribution in [2.45, 2.75) is 19.9 Å². The zero-order chi connectivity index (χ0) is 13.0. The molecule has 0 heterocycles. The summed E-state index contributed by atoms with van der Waals surface area (Å²) in [4.78, 5) is 13.4. The number of ether oxygens (including phenoxy) is 1. The Balaban J connectivity index is 3.01. The molecule has 0 amide bonds. The predicted octanol–water partition coefficient (Wildman–Crippen LogP) is 1.24. The molecule has 2 N–H and O–H groups in total. The minimum atomic E-state index is -0.443. The molecule has 94 valence electrons. The summed E-state index contributed by atoms with van der Waals surface area (Å²) in [5.74, 6) is -0.311. The van der Waals surface area contributed by atoms with Gasteiger partial charge in [0.25, 0.3) is 0 Å². The molecule has 0 aliphatic rings. The molecule has 4 nitrogen and oxygen atoms in total. The quantitative estimate of drug-likeness (QED) is 0.799. The highest BCUT2D eigenvalue weighted by Gasteiger charge is 2.22. The summed E-state index contributed by atoms with van der Waals surface area (Å²) in [6.07, 6.45) is 0. The van der Waals surface area contributed by atoms with E-state index in [-0.39, 0.29) is 12.5 Å². The van der Waals surface area contributed by atoms with Crippen LogP contribution in [0.25, 0.3) is 0 Å². The Labute approximate surface area is 102 Å². The first-order chi connectivity index (χ1) is 7.99. The van der Waals surface area contributed by atoms with E-state index in [1.165, 1.54) is 7.11 Å². The number of methoxy groups -OCH3 is 1. The average molecular weight is 236 g/mol. The summed E-state index contributed by atoms with van der Waals surface area (Å²) in [5, 5.41) is 0.